The molecule has 0 aromatic heterocycles. The summed E-state index contributed by atoms with van der Waals surface area (Å²) in [5.74, 6) is 3.62. The summed E-state index contributed by atoms with van der Waals surface area (Å²) < 4.78 is 5.06. The van der Waals surface area contributed by atoms with Crippen molar-refractivity contribution in [2.24, 2.45) is 29.6 Å². The summed E-state index contributed by atoms with van der Waals surface area (Å²) in [5, 5.41) is 0. The number of nitrogens with zero attached hydrogens (tertiary/aromatic N) is 2. The van der Waals surface area contributed by atoms with Gasteiger partial charge in [-0.2, -0.15) is 0 Å². The van der Waals surface area contributed by atoms with Gasteiger partial charge in [0.05, 0.1) is 12.2 Å². The van der Waals surface area contributed by atoms with Crippen LogP contribution in [0.15, 0.2) is 24.3 Å². The topological polar surface area (TPSA) is 49.9 Å². The van der Waals surface area contributed by atoms with Crippen LogP contribution in [0.2, 0.25) is 0 Å². The van der Waals surface area contributed by atoms with E-state index in [-0.39, 0.29) is 5.97 Å². The maximum absolute atomic E-state index is 13.4. The molecule has 6 rings (SSSR count). The van der Waals surface area contributed by atoms with Gasteiger partial charge in [-0.1, -0.05) is 0 Å². The minimum Gasteiger partial charge on any atom is -0.462 e. The average molecular weight is 397 g/mol. The molecule has 29 heavy (non-hydrogen) atoms. The first-order valence-electron chi connectivity index (χ1n) is 11.4. The zero-order valence-corrected chi connectivity index (χ0v) is 17.4. The lowest BCUT2D eigenvalue weighted by Crippen LogP contribution is -2.56. The Morgan fingerprint density at radius 1 is 0.897 bits per heavy atom. The fourth-order valence-electron chi connectivity index (χ4n) is 6.75. The zero-order valence-electron chi connectivity index (χ0n) is 17.4. The third kappa shape index (κ3) is 3.53. The number of carbonyl (C=O) groups is 2. The number of anilines is 1. The molecule has 0 atom stereocenters. The highest BCUT2D eigenvalue weighted by Crippen LogP contribution is 2.56. The van der Waals surface area contributed by atoms with E-state index in [0.29, 0.717) is 35.8 Å². The number of amides is 1. The predicted molar refractivity (Wildman–Crippen MR) is 112 cm³/mol. The SMILES string of the molecule is CCOC(=O)c1ccc(N2CCN(C(=O)C3C4CC5CC(C4)CC3C5)CC2)cc1. The molecule has 1 aliphatic heterocycles. The molecule has 5 fully saturated rings. The van der Waals surface area contributed by atoms with Gasteiger partial charge in [-0.25, -0.2) is 4.79 Å². The van der Waals surface area contributed by atoms with E-state index >= 15 is 0 Å². The number of rotatable bonds is 4. The highest BCUT2D eigenvalue weighted by atomic mass is 16.5. The maximum Gasteiger partial charge on any atom is 0.338 e. The van der Waals surface area contributed by atoms with E-state index in [9.17, 15) is 9.59 Å². The summed E-state index contributed by atoms with van der Waals surface area (Å²) in [4.78, 5) is 29.6. The molecule has 1 aromatic rings. The standard InChI is InChI=1S/C24H32N2O3/c1-2-29-24(28)18-3-5-21(6-4-18)25-7-9-26(10-8-25)23(27)22-19-12-16-11-17(14-19)15-20(22)13-16/h3-6,16-17,19-20,22H,2,7-15H2,1H3. The Bertz CT molecular complexity index is 739. The smallest absolute Gasteiger partial charge is 0.338 e. The minimum absolute atomic E-state index is 0.273. The Labute approximate surface area is 173 Å². The highest BCUT2D eigenvalue weighted by Gasteiger charge is 2.51. The number of hydrogen-bond acceptors (Lipinski definition) is 4. The van der Waals surface area contributed by atoms with Gasteiger partial charge in [0, 0.05) is 37.8 Å². The van der Waals surface area contributed by atoms with Crippen LogP contribution in [0, 0.1) is 29.6 Å². The summed E-state index contributed by atoms with van der Waals surface area (Å²) in [5.41, 5.74) is 1.70. The Hall–Kier alpha value is -2.04. The van der Waals surface area contributed by atoms with Gasteiger partial charge >= 0.3 is 5.97 Å². The normalized spacial score (nSPS) is 33.1. The van der Waals surface area contributed by atoms with E-state index in [0.717, 1.165) is 43.7 Å². The first kappa shape index (κ1) is 19.0. The molecule has 1 aromatic carbocycles. The highest BCUT2D eigenvalue weighted by molar-refractivity contribution is 5.89. The van der Waals surface area contributed by atoms with Crippen LogP contribution in [0.25, 0.3) is 0 Å². The average Bonchev–Trinajstić information content (AvgIpc) is 2.73. The van der Waals surface area contributed by atoms with Crippen LogP contribution in [0.3, 0.4) is 0 Å². The van der Waals surface area contributed by atoms with Crippen LogP contribution < -0.4 is 4.90 Å². The van der Waals surface area contributed by atoms with Crippen molar-refractivity contribution in [2.75, 3.05) is 37.7 Å². The lowest BCUT2D eigenvalue weighted by atomic mass is 9.51. The molecule has 156 valence electrons. The van der Waals surface area contributed by atoms with E-state index in [2.05, 4.69) is 9.80 Å². The summed E-state index contributed by atoms with van der Waals surface area (Å²) >= 11 is 0. The molecule has 1 amide bonds. The van der Waals surface area contributed by atoms with Crippen LogP contribution in [0.1, 0.15) is 49.4 Å². The molecule has 0 radical (unpaired) electrons. The number of ether oxygens (including phenoxy) is 1. The fraction of sp³-hybridized carbons (Fsp3) is 0.667. The van der Waals surface area contributed by atoms with Crippen molar-refractivity contribution in [3.8, 4) is 0 Å². The number of carbonyl (C=O) groups excluding carboxylic acids is 2. The Balaban J connectivity index is 1.18. The van der Waals surface area contributed by atoms with Gasteiger partial charge < -0.3 is 14.5 Å². The van der Waals surface area contributed by atoms with Gasteiger partial charge in [0.25, 0.3) is 0 Å². The van der Waals surface area contributed by atoms with Gasteiger partial charge in [-0.3, -0.25) is 4.79 Å². The number of piperazine rings is 1. The van der Waals surface area contributed by atoms with Crippen molar-refractivity contribution in [1.29, 1.82) is 0 Å². The van der Waals surface area contributed by atoms with E-state index < -0.39 is 0 Å². The summed E-state index contributed by atoms with van der Waals surface area (Å²) in [6.07, 6.45) is 6.64. The second-order valence-electron chi connectivity index (χ2n) is 9.54. The Morgan fingerprint density at radius 2 is 1.48 bits per heavy atom. The summed E-state index contributed by atoms with van der Waals surface area (Å²) in [6.45, 7) is 5.54. The van der Waals surface area contributed by atoms with Crippen LogP contribution in [0.4, 0.5) is 5.69 Å². The zero-order chi connectivity index (χ0) is 20.0. The first-order valence-corrected chi connectivity index (χ1v) is 11.4. The third-order valence-electron chi connectivity index (χ3n) is 7.85. The van der Waals surface area contributed by atoms with Crippen molar-refractivity contribution in [1.82, 2.24) is 4.90 Å². The molecule has 0 spiro atoms. The van der Waals surface area contributed by atoms with Crippen LogP contribution >= 0.6 is 0 Å². The molecular formula is C24H32N2O3. The lowest BCUT2D eigenvalue weighted by Gasteiger charge is -2.54. The number of esters is 1. The molecule has 1 saturated heterocycles. The van der Waals surface area contributed by atoms with E-state index in [1.807, 2.05) is 31.2 Å². The summed E-state index contributed by atoms with van der Waals surface area (Å²) in [6, 6.07) is 7.64. The van der Waals surface area contributed by atoms with Crippen molar-refractivity contribution in [2.45, 2.75) is 39.0 Å². The summed E-state index contributed by atoms with van der Waals surface area (Å²) in [7, 11) is 0. The molecular weight excluding hydrogens is 364 g/mol. The van der Waals surface area contributed by atoms with Crippen molar-refractivity contribution >= 4 is 17.6 Å². The maximum atomic E-state index is 13.4. The first-order chi connectivity index (χ1) is 14.1. The lowest BCUT2D eigenvalue weighted by molar-refractivity contribution is -0.149. The molecule has 4 aliphatic carbocycles. The molecule has 4 bridgehead atoms. The quantitative estimate of drug-likeness (QED) is 0.730. The van der Waals surface area contributed by atoms with E-state index in [1.54, 1.807) is 0 Å². The second kappa shape index (κ2) is 7.66. The fourth-order valence-corrected chi connectivity index (χ4v) is 6.75. The van der Waals surface area contributed by atoms with Gasteiger partial charge in [-0.05, 0) is 87.0 Å². The third-order valence-corrected chi connectivity index (χ3v) is 7.85. The molecule has 1 heterocycles. The van der Waals surface area contributed by atoms with Crippen molar-refractivity contribution < 1.29 is 14.3 Å². The number of hydrogen-bond donors (Lipinski definition) is 0. The molecule has 0 unspecified atom stereocenters. The van der Waals surface area contributed by atoms with Crippen LogP contribution in [0.5, 0.6) is 0 Å². The molecule has 5 aliphatic rings. The van der Waals surface area contributed by atoms with Gasteiger partial charge in [-0.15, -0.1) is 0 Å². The van der Waals surface area contributed by atoms with E-state index in [1.165, 1.54) is 32.1 Å². The van der Waals surface area contributed by atoms with Gasteiger partial charge in [0.2, 0.25) is 5.91 Å². The Kier molecular flexibility index (Phi) is 5.00. The second-order valence-corrected chi connectivity index (χ2v) is 9.54. The molecule has 0 N–H and O–H groups in total. The van der Waals surface area contributed by atoms with Crippen molar-refractivity contribution in [3.63, 3.8) is 0 Å². The molecule has 5 nitrogen and oxygen atoms in total. The van der Waals surface area contributed by atoms with Crippen LogP contribution in [-0.2, 0) is 9.53 Å². The van der Waals surface area contributed by atoms with Crippen molar-refractivity contribution in [3.05, 3.63) is 29.8 Å². The largest absolute Gasteiger partial charge is 0.462 e. The predicted octanol–water partition coefficient (Wildman–Crippen LogP) is 3.58. The number of benzene rings is 1. The van der Waals surface area contributed by atoms with E-state index in [4.69, 9.17) is 4.74 Å². The minimum atomic E-state index is -0.273. The Morgan fingerprint density at radius 3 is 2.03 bits per heavy atom. The van der Waals surface area contributed by atoms with Gasteiger partial charge in [0.1, 0.15) is 0 Å². The van der Waals surface area contributed by atoms with Crippen LogP contribution in [-0.4, -0.2) is 49.6 Å². The molecule has 5 heteroatoms. The molecule has 4 saturated carbocycles. The monoisotopic (exact) mass is 396 g/mol. The van der Waals surface area contributed by atoms with Gasteiger partial charge in [0.15, 0.2) is 0 Å².